The van der Waals surface area contributed by atoms with Gasteiger partial charge < -0.3 is 14.8 Å². The fraction of sp³-hybridized carbons (Fsp3) is 0.800. The molecule has 6 nitrogen and oxygen atoms in total. The molecule has 116 valence electrons. The molecule has 3 heterocycles. The second-order valence-corrected chi connectivity index (χ2v) is 6.36. The third kappa shape index (κ3) is 2.57. The fourth-order valence-corrected chi connectivity index (χ4v) is 3.62. The summed E-state index contributed by atoms with van der Waals surface area (Å²) in [6.07, 6.45) is 5.10. The van der Waals surface area contributed by atoms with E-state index in [1.165, 1.54) is 0 Å². The standard InChI is InChI=1S/C15H25N5O/c1-3-15(7-5-8-16-11-15)14(21)19(2)10-13-18-17-12-6-4-9-20(12)13/h16H,3-11H2,1-2H3. The lowest BCUT2D eigenvalue weighted by Gasteiger charge is -2.38. The van der Waals surface area contributed by atoms with Crippen molar-refractivity contribution in [2.75, 3.05) is 20.1 Å². The Labute approximate surface area is 125 Å². The number of piperidine rings is 1. The van der Waals surface area contributed by atoms with Gasteiger partial charge in [0, 0.05) is 26.6 Å². The average Bonchev–Trinajstić information content (AvgIpc) is 3.12. The molecule has 0 bridgehead atoms. The molecule has 2 aliphatic rings. The van der Waals surface area contributed by atoms with Gasteiger partial charge in [0.25, 0.3) is 0 Å². The minimum Gasteiger partial charge on any atom is -0.338 e. The van der Waals surface area contributed by atoms with E-state index in [0.717, 1.165) is 63.4 Å². The van der Waals surface area contributed by atoms with Gasteiger partial charge in [-0.3, -0.25) is 4.79 Å². The second kappa shape index (κ2) is 5.75. The molecule has 0 saturated carbocycles. The summed E-state index contributed by atoms with van der Waals surface area (Å²) in [7, 11) is 1.89. The van der Waals surface area contributed by atoms with E-state index in [-0.39, 0.29) is 11.3 Å². The normalized spacial score (nSPS) is 24.9. The molecule has 2 aliphatic heterocycles. The van der Waals surface area contributed by atoms with Crippen molar-refractivity contribution in [2.24, 2.45) is 5.41 Å². The minimum atomic E-state index is -0.235. The smallest absolute Gasteiger partial charge is 0.230 e. The molecule has 1 aromatic heterocycles. The Kier molecular flexibility index (Phi) is 3.97. The van der Waals surface area contributed by atoms with Crippen LogP contribution in [0, 0.1) is 5.41 Å². The molecule has 1 aromatic rings. The fourth-order valence-electron chi connectivity index (χ4n) is 3.62. The van der Waals surface area contributed by atoms with Crippen LogP contribution in [0.3, 0.4) is 0 Å². The summed E-state index contributed by atoms with van der Waals surface area (Å²) < 4.78 is 2.17. The summed E-state index contributed by atoms with van der Waals surface area (Å²) in [5.41, 5.74) is -0.235. The summed E-state index contributed by atoms with van der Waals surface area (Å²) in [4.78, 5) is 14.7. The van der Waals surface area contributed by atoms with E-state index < -0.39 is 0 Å². The van der Waals surface area contributed by atoms with Crippen molar-refractivity contribution in [1.82, 2.24) is 25.0 Å². The van der Waals surface area contributed by atoms with Gasteiger partial charge >= 0.3 is 0 Å². The highest BCUT2D eigenvalue weighted by Crippen LogP contribution is 2.32. The van der Waals surface area contributed by atoms with Crippen LogP contribution >= 0.6 is 0 Å². The number of hydrogen-bond donors (Lipinski definition) is 1. The van der Waals surface area contributed by atoms with Gasteiger partial charge in [0.2, 0.25) is 5.91 Å². The van der Waals surface area contributed by atoms with Crippen LogP contribution in [0.5, 0.6) is 0 Å². The number of hydrogen-bond acceptors (Lipinski definition) is 4. The van der Waals surface area contributed by atoms with Gasteiger partial charge in [-0.25, -0.2) is 0 Å². The molecule has 1 atom stereocenters. The molecular formula is C15H25N5O. The number of carbonyl (C=O) groups excluding carboxylic acids is 1. The van der Waals surface area contributed by atoms with Crippen LogP contribution in [0.1, 0.15) is 44.3 Å². The highest BCUT2D eigenvalue weighted by Gasteiger charge is 2.40. The first-order valence-electron chi connectivity index (χ1n) is 8.03. The SMILES string of the molecule is CCC1(C(=O)N(C)Cc2nnc3n2CCC3)CCCNC1. The first kappa shape index (κ1) is 14.5. The van der Waals surface area contributed by atoms with Crippen LogP contribution < -0.4 is 5.32 Å². The number of amides is 1. The number of nitrogens with zero attached hydrogens (tertiary/aromatic N) is 4. The lowest BCUT2D eigenvalue weighted by molar-refractivity contribution is -0.142. The predicted octanol–water partition coefficient (Wildman–Crippen LogP) is 0.962. The quantitative estimate of drug-likeness (QED) is 0.897. The molecule has 3 rings (SSSR count). The van der Waals surface area contributed by atoms with Crippen molar-refractivity contribution in [1.29, 1.82) is 0 Å². The average molecular weight is 291 g/mol. The molecule has 1 unspecified atom stereocenters. The van der Waals surface area contributed by atoms with Crippen LogP contribution in [0.25, 0.3) is 0 Å². The summed E-state index contributed by atoms with van der Waals surface area (Å²) in [6, 6.07) is 0. The van der Waals surface area contributed by atoms with E-state index in [1.54, 1.807) is 0 Å². The summed E-state index contributed by atoms with van der Waals surface area (Å²) in [5.74, 6) is 2.23. The van der Waals surface area contributed by atoms with Crippen LogP contribution in [-0.2, 0) is 24.3 Å². The zero-order valence-electron chi connectivity index (χ0n) is 13.1. The highest BCUT2D eigenvalue weighted by atomic mass is 16.2. The molecule has 1 saturated heterocycles. The Balaban J connectivity index is 1.71. The van der Waals surface area contributed by atoms with Crippen LogP contribution in [0.15, 0.2) is 0 Å². The molecule has 0 radical (unpaired) electrons. The molecule has 6 heteroatoms. The molecule has 21 heavy (non-hydrogen) atoms. The molecule has 0 spiro atoms. The van der Waals surface area contributed by atoms with Gasteiger partial charge in [0.05, 0.1) is 12.0 Å². The Morgan fingerprint density at radius 1 is 1.43 bits per heavy atom. The highest BCUT2D eigenvalue weighted by molar-refractivity contribution is 5.82. The van der Waals surface area contributed by atoms with Crippen molar-refractivity contribution < 1.29 is 4.79 Å². The van der Waals surface area contributed by atoms with Crippen molar-refractivity contribution in [3.8, 4) is 0 Å². The van der Waals surface area contributed by atoms with E-state index in [2.05, 4.69) is 27.0 Å². The van der Waals surface area contributed by atoms with Crippen LogP contribution in [0.4, 0.5) is 0 Å². The number of aryl methyl sites for hydroxylation is 1. The maximum Gasteiger partial charge on any atom is 0.230 e. The first-order valence-corrected chi connectivity index (χ1v) is 8.03. The molecule has 0 aromatic carbocycles. The second-order valence-electron chi connectivity index (χ2n) is 6.36. The predicted molar refractivity (Wildman–Crippen MR) is 79.6 cm³/mol. The lowest BCUT2D eigenvalue weighted by atomic mass is 9.77. The third-order valence-corrected chi connectivity index (χ3v) is 5.01. The number of carbonyl (C=O) groups is 1. The van der Waals surface area contributed by atoms with Gasteiger partial charge in [-0.15, -0.1) is 10.2 Å². The van der Waals surface area contributed by atoms with Gasteiger partial charge in [-0.2, -0.15) is 0 Å². The minimum absolute atomic E-state index is 0.235. The van der Waals surface area contributed by atoms with E-state index in [1.807, 2.05) is 11.9 Å². The Hall–Kier alpha value is -1.43. The number of aromatic nitrogens is 3. The van der Waals surface area contributed by atoms with Crippen LogP contribution in [0.2, 0.25) is 0 Å². The van der Waals surface area contributed by atoms with E-state index in [0.29, 0.717) is 6.54 Å². The number of nitrogens with one attached hydrogen (secondary N) is 1. The number of fused-ring (bicyclic) bond motifs is 1. The lowest BCUT2D eigenvalue weighted by Crippen LogP contribution is -2.50. The van der Waals surface area contributed by atoms with Gasteiger partial charge in [-0.05, 0) is 32.2 Å². The Bertz CT molecular complexity index is 518. The summed E-state index contributed by atoms with van der Waals surface area (Å²) >= 11 is 0. The maximum absolute atomic E-state index is 12.9. The number of rotatable bonds is 4. The van der Waals surface area contributed by atoms with Crippen LogP contribution in [-0.4, -0.2) is 45.7 Å². The first-order chi connectivity index (χ1) is 10.2. The van der Waals surface area contributed by atoms with Crippen molar-refractivity contribution in [2.45, 2.75) is 52.1 Å². The Morgan fingerprint density at radius 2 is 2.29 bits per heavy atom. The molecule has 0 aliphatic carbocycles. The van der Waals surface area contributed by atoms with Gasteiger partial charge in [-0.1, -0.05) is 6.92 Å². The van der Waals surface area contributed by atoms with Gasteiger partial charge in [0.1, 0.15) is 5.82 Å². The van der Waals surface area contributed by atoms with E-state index in [9.17, 15) is 4.79 Å². The molecule has 1 amide bonds. The zero-order valence-corrected chi connectivity index (χ0v) is 13.1. The summed E-state index contributed by atoms with van der Waals surface area (Å²) in [6.45, 7) is 5.49. The molecule has 1 N–H and O–H groups in total. The maximum atomic E-state index is 12.9. The van der Waals surface area contributed by atoms with E-state index >= 15 is 0 Å². The van der Waals surface area contributed by atoms with Gasteiger partial charge in [0.15, 0.2) is 5.82 Å². The Morgan fingerprint density at radius 3 is 3.00 bits per heavy atom. The largest absolute Gasteiger partial charge is 0.338 e. The zero-order chi connectivity index (χ0) is 14.9. The van der Waals surface area contributed by atoms with E-state index in [4.69, 9.17) is 0 Å². The monoisotopic (exact) mass is 291 g/mol. The molecule has 1 fully saturated rings. The summed E-state index contributed by atoms with van der Waals surface area (Å²) in [5, 5.41) is 11.9. The topological polar surface area (TPSA) is 63.1 Å². The third-order valence-electron chi connectivity index (χ3n) is 5.01. The van der Waals surface area contributed by atoms with Crippen molar-refractivity contribution in [3.63, 3.8) is 0 Å². The van der Waals surface area contributed by atoms with Crippen molar-refractivity contribution in [3.05, 3.63) is 11.6 Å². The van der Waals surface area contributed by atoms with Crippen molar-refractivity contribution >= 4 is 5.91 Å². The molecular weight excluding hydrogens is 266 g/mol.